The molecule has 0 amide bonds. The summed E-state index contributed by atoms with van der Waals surface area (Å²) in [6.07, 6.45) is 4.83. The molecule has 0 aromatic carbocycles. The fraction of sp³-hybridized carbons (Fsp3) is 0.429. The molecule has 1 heteroatoms. The number of rotatable bonds is 2. The van der Waals surface area contributed by atoms with Crippen molar-refractivity contribution in [2.45, 2.75) is 19.4 Å². The molecule has 45 valence electrons. The molecule has 0 aromatic rings. The molecule has 0 fully saturated rings. The predicted octanol–water partition coefficient (Wildman–Crippen LogP) is 1.94. The first-order valence-electron chi connectivity index (χ1n) is 2.57. The molecule has 0 heterocycles. The van der Waals surface area contributed by atoms with Gasteiger partial charge in [0.25, 0.3) is 0 Å². The van der Waals surface area contributed by atoms with Crippen LogP contribution in [0.3, 0.4) is 0 Å². The van der Waals surface area contributed by atoms with Crippen molar-refractivity contribution < 1.29 is 5.11 Å². The van der Waals surface area contributed by atoms with E-state index >= 15 is 0 Å². The molecule has 0 spiro atoms. The molecule has 0 saturated heterocycles. The van der Waals surface area contributed by atoms with E-state index in [1.807, 2.05) is 0 Å². The van der Waals surface area contributed by atoms with Gasteiger partial charge in [0.2, 0.25) is 0 Å². The standard InChI is InChI=1S/C7H11O/c1-4-5-6-7(2,3)8/h4-6H,1H2,2-3H3/b6-5+. The molecule has 8 heavy (non-hydrogen) atoms. The van der Waals surface area contributed by atoms with Crippen LogP contribution in [0.15, 0.2) is 24.8 Å². The Labute approximate surface area is 50.3 Å². The molecular formula is C7H11O. The number of hydrogen-bond acceptors (Lipinski definition) is 0. The normalized spacial score (nSPS) is 12.4. The Morgan fingerprint density at radius 3 is 2.12 bits per heavy atom. The van der Waals surface area contributed by atoms with Crippen molar-refractivity contribution in [3.8, 4) is 0 Å². The summed E-state index contributed by atoms with van der Waals surface area (Å²) in [6, 6.07) is 0. The minimum atomic E-state index is -0.950. The van der Waals surface area contributed by atoms with Crippen molar-refractivity contribution in [1.82, 2.24) is 0 Å². The summed E-state index contributed by atoms with van der Waals surface area (Å²) in [4.78, 5) is 0. The summed E-state index contributed by atoms with van der Waals surface area (Å²) in [5.41, 5.74) is -0.950. The van der Waals surface area contributed by atoms with E-state index < -0.39 is 5.60 Å². The molecule has 1 radical (unpaired) electrons. The minimum Gasteiger partial charge on any atom is -0.226 e. The average molecular weight is 111 g/mol. The maximum Gasteiger partial charge on any atom is 0.116 e. The van der Waals surface area contributed by atoms with Crippen LogP contribution >= 0.6 is 0 Å². The molecular weight excluding hydrogens is 100 g/mol. The van der Waals surface area contributed by atoms with E-state index in [9.17, 15) is 5.11 Å². The zero-order chi connectivity index (χ0) is 6.62. The van der Waals surface area contributed by atoms with Crippen LogP contribution in [0.1, 0.15) is 13.8 Å². The first-order valence-corrected chi connectivity index (χ1v) is 2.57. The number of hydrogen-bond donors (Lipinski definition) is 0. The smallest absolute Gasteiger partial charge is 0.116 e. The van der Waals surface area contributed by atoms with Crippen LogP contribution in [-0.2, 0) is 5.11 Å². The second-order valence-corrected chi connectivity index (χ2v) is 2.20. The number of allylic oxidation sites excluding steroid dienone is 2. The highest BCUT2D eigenvalue weighted by Crippen LogP contribution is 2.02. The summed E-state index contributed by atoms with van der Waals surface area (Å²) in [7, 11) is 0. The quantitative estimate of drug-likeness (QED) is 0.485. The molecule has 0 rings (SSSR count). The van der Waals surface area contributed by atoms with Crippen molar-refractivity contribution in [2.75, 3.05) is 0 Å². The second-order valence-electron chi connectivity index (χ2n) is 2.20. The minimum absolute atomic E-state index is 0.950. The largest absolute Gasteiger partial charge is 0.226 e. The molecule has 1 nitrogen and oxygen atoms in total. The van der Waals surface area contributed by atoms with Crippen molar-refractivity contribution >= 4 is 0 Å². The molecule has 0 aliphatic heterocycles. The van der Waals surface area contributed by atoms with Gasteiger partial charge in [-0.3, -0.25) is 0 Å². The van der Waals surface area contributed by atoms with E-state index in [1.165, 1.54) is 0 Å². The summed E-state index contributed by atoms with van der Waals surface area (Å²) < 4.78 is 0. The Bertz CT molecular complexity index is 95.4. The molecule has 0 aliphatic rings. The lowest BCUT2D eigenvalue weighted by Crippen LogP contribution is -2.10. The summed E-state index contributed by atoms with van der Waals surface area (Å²) in [6.45, 7) is 6.65. The lowest BCUT2D eigenvalue weighted by Gasteiger charge is -2.04. The molecule has 0 N–H and O–H groups in total. The van der Waals surface area contributed by atoms with Gasteiger partial charge < -0.3 is 0 Å². The third-order valence-corrected chi connectivity index (χ3v) is 0.634. The molecule has 0 aliphatic carbocycles. The third-order valence-electron chi connectivity index (χ3n) is 0.634. The van der Waals surface area contributed by atoms with Crippen LogP contribution in [0.2, 0.25) is 0 Å². The maximum absolute atomic E-state index is 10.7. The first kappa shape index (κ1) is 7.44. The van der Waals surface area contributed by atoms with Crippen molar-refractivity contribution in [3.05, 3.63) is 24.8 Å². The predicted molar refractivity (Wildman–Crippen MR) is 34.1 cm³/mol. The van der Waals surface area contributed by atoms with E-state index in [1.54, 1.807) is 32.1 Å². The van der Waals surface area contributed by atoms with Gasteiger partial charge in [-0.2, -0.15) is 0 Å². The van der Waals surface area contributed by atoms with Crippen LogP contribution in [0.5, 0.6) is 0 Å². The van der Waals surface area contributed by atoms with Crippen LogP contribution in [-0.4, -0.2) is 5.60 Å². The molecule has 0 saturated carbocycles. The highest BCUT2D eigenvalue weighted by atomic mass is 16.3. The summed E-state index contributed by atoms with van der Waals surface area (Å²) in [5.74, 6) is 0. The molecule has 0 atom stereocenters. The Morgan fingerprint density at radius 2 is 2.00 bits per heavy atom. The molecule has 0 aromatic heterocycles. The zero-order valence-corrected chi connectivity index (χ0v) is 5.35. The van der Waals surface area contributed by atoms with Gasteiger partial charge in [-0.1, -0.05) is 24.8 Å². The van der Waals surface area contributed by atoms with E-state index in [2.05, 4.69) is 6.58 Å². The SMILES string of the molecule is C=C/C=C/C(C)(C)[O]. The monoisotopic (exact) mass is 111 g/mol. The Kier molecular flexibility index (Phi) is 2.49. The van der Waals surface area contributed by atoms with Crippen molar-refractivity contribution in [2.24, 2.45) is 0 Å². The van der Waals surface area contributed by atoms with Gasteiger partial charge in [0.05, 0.1) is 0 Å². The first-order chi connectivity index (χ1) is 3.56. The lowest BCUT2D eigenvalue weighted by molar-refractivity contribution is 0.0490. The van der Waals surface area contributed by atoms with E-state index in [4.69, 9.17) is 0 Å². The van der Waals surface area contributed by atoms with Crippen molar-refractivity contribution in [3.63, 3.8) is 0 Å². The van der Waals surface area contributed by atoms with E-state index in [0.717, 1.165) is 0 Å². The highest BCUT2D eigenvalue weighted by molar-refractivity contribution is 5.04. The lowest BCUT2D eigenvalue weighted by atomic mass is 10.1. The van der Waals surface area contributed by atoms with Gasteiger partial charge in [-0.05, 0) is 13.8 Å². The van der Waals surface area contributed by atoms with Gasteiger partial charge in [0.15, 0.2) is 0 Å². The van der Waals surface area contributed by atoms with Crippen LogP contribution in [0, 0.1) is 0 Å². The zero-order valence-electron chi connectivity index (χ0n) is 5.35. The van der Waals surface area contributed by atoms with E-state index in [0.29, 0.717) is 0 Å². The summed E-state index contributed by atoms with van der Waals surface area (Å²) >= 11 is 0. The van der Waals surface area contributed by atoms with Gasteiger partial charge >= 0.3 is 0 Å². The Hall–Kier alpha value is -0.560. The van der Waals surface area contributed by atoms with Gasteiger partial charge in [-0.15, -0.1) is 0 Å². The van der Waals surface area contributed by atoms with Gasteiger partial charge in [0.1, 0.15) is 5.60 Å². The van der Waals surface area contributed by atoms with Crippen molar-refractivity contribution in [1.29, 1.82) is 0 Å². The highest BCUT2D eigenvalue weighted by Gasteiger charge is 2.07. The van der Waals surface area contributed by atoms with Crippen LogP contribution in [0.25, 0.3) is 0 Å². The topological polar surface area (TPSA) is 19.9 Å². The fourth-order valence-electron chi connectivity index (χ4n) is 0.300. The van der Waals surface area contributed by atoms with Crippen LogP contribution in [0.4, 0.5) is 0 Å². The van der Waals surface area contributed by atoms with Crippen LogP contribution < -0.4 is 0 Å². The fourth-order valence-corrected chi connectivity index (χ4v) is 0.300. The van der Waals surface area contributed by atoms with E-state index in [-0.39, 0.29) is 0 Å². The molecule has 0 bridgehead atoms. The van der Waals surface area contributed by atoms with Gasteiger partial charge in [-0.25, -0.2) is 5.11 Å². The summed E-state index contributed by atoms with van der Waals surface area (Å²) in [5, 5.41) is 10.7. The molecule has 0 unspecified atom stereocenters. The third kappa shape index (κ3) is 5.44. The Morgan fingerprint density at radius 1 is 1.50 bits per heavy atom. The second kappa shape index (κ2) is 2.68. The van der Waals surface area contributed by atoms with Gasteiger partial charge in [0, 0.05) is 0 Å². The Balaban J connectivity index is 3.69. The average Bonchev–Trinajstić information content (AvgIpc) is 1.59. The maximum atomic E-state index is 10.7.